The van der Waals surface area contributed by atoms with E-state index in [0.29, 0.717) is 0 Å². The average molecular weight is 226 g/mol. The molecule has 16 heavy (non-hydrogen) atoms. The van der Waals surface area contributed by atoms with Crippen LogP contribution in [0.25, 0.3) is 0 Å². The Kier molecular flexibility index (Phi) is 7.06. The Labute approximate surface area is 102 Å². The Morgan fingerprint density at radius 1 is 1.12 bits per heavy atom. The number of hydrogen-bond donors (Lipinski definition) is 1. The van der Waals surface area contributed by atoms with Gasteiger partial charge in [0.25, 0.3) is 0 Å². The zero-order chi connectivity index (χ0) is 11.8. The number of piperidine rings is 1. The Balaban J connectivity index is 2.20. The minimum Gasteiger partial charge on any atom is -0.311 e. The normalized spacial score (nSPS) is 21.2. The molecule has 1 fully saturated rings. The highest BCUT2D eigenvalue weighted by atomic mass is 15.1. The molecule has 0 saturated carbocycles. The van der Waals surface area contributed by atoms with Crippen molar-refractivity contribution in [2.45, 2.75) is 71.4 Å². The summed E-state index contributed by atoms with van der Waals surface area (Å²) in [6.07, 6.45) is 7.92. The fourth-order valence-electron chi connectivity index (χ4n) is 2.73. The van der Waals surface area contributed by atoms with Crippen LogP contribution in [0.3, 0.4) is 0 Å². The molecule has 0 aliphatic carbocycles. The van der Waals surface area contributed by atoms with Crippen molar-refractivity contribution >= 4 is 0 Å². The zero-order valence-electron chi connectivity index (χ0n) is 11.5. The van der Waals surface area contributed by atoms with Crippen LogP contribution in [0, 0.1) is 0 Å². The molecule has 0 aromatic heterocycles. The minimum atomic E-state index is 0.757. The first-order valence-corrected chi connectivity index (χ1v) is 7.28. The van der Waals surface area contributed by atoms with E-state index < -0.39 is 0 Å². The molecule has 1 heterocycles. The lowest BCUT2D eigenvalue weighted by molar-refractivity contribution is 0.188. The number of hydrogen-bond acceptors (Lipinski definition) is 2. The minimum absolute atomic E-state index is 0.757. The van der Waals surface area contributed by atoms with Crippen LogP contribution in [-0.2, 0) is 0 Å². The van der Waals surface area contributed by atoms with Gasteiger partial charge in [0, 0.05) is 12.1 Å². The van der Waals surface area contributed by atoms with Crippen LogP contribution in [0.1, 0.15) is 59.3 Å². The highest BCUT2D eigenvalue weighted by Crippen LogP contribution is 2.13. The van der Waals surface area contributed by atoms with E-state index in [1.807, 2.05) is 0 Å². The zero-order valence-corrected chi connectivity index (χ0v) is 11.5. The Morgan fingerprint density at radius 2 is 1.81 bits per heavy atom. The van der Waals surface area contributed by atoms with Gasteiger partial charge in [0.1, 0.15) is 0 Å². The summed E-state index contributed by atoms with van der Waals surface area (Å²) in [7, 11) is 0. The van der Waals surface area contributed by atoms with Crippen molar-refractivity contribution in [2.24, 2.45) is 0 Å². The molecule has 1 aliphatic heterocycles. The first-order valence-electron chi connectivity index (χ1n) is 7.28. The summed E-state index contributed by atoms with van der Waals surface area (Å²) in [5.74, 6) is 0. The van der Waals surface area contributed by atoms with Crippen LogP contribution < -0.4 is 5.32 Å². The standard InChI is InChI=1S/C14H30N2/c1-4-7-13(6-3)15-14-8-11-16(10-5-2)12-9-14/h13-15H,4-12H2,1-3H3. The van der Waals surface area contributed by atoms with Crippen molar-refractivity contribution in [1.29, 1.82) is 0 Å². The molecule has 0 bridgehead atoms. The molecule has 1 aliphatic rings. The molecule has 0 spiro atoms. The SMILES string of the molecule is CCCC(CC)NC1CCN(CCC)CC1. The van der Waals surface area contributed by atoms with E-state index in [-0.39, 0.29) is 0 Å². The lowest BCUT2D eigenvalue weighted by Gasteiger charge is -2.34. The van der Waals surface area contributed by atoms with E-state index in [1.54, 1.807) is 0 Å². The highest BCUT2D eigenvalue weighted by molar-refractivity contribution is 4.80. The molecule has 1 rings (SSSR count). The Morgan fingerprint density at radius 3 is 2.31 bits per heavy atom. The summed E-state index contributed by atoms with van der Waals surface area (Å²) in [6.45, 7) is 10.8. The maximum Gasteiger partial charge on any atom is 0.00939 e. The van der Waals surface area contributed by atoms with Gasteiger partial charge in [-0.15, -0.1) is 0 Å². The molecule has 1 saturated heterocycles. The number of nitrogens with one attached hydrogen (secondary N) is 1. The monoisotopic (exact) mass is 226 g/mol. The summed E-state index contributed by atoms with van der Waals surface area (Å²) in [6, 6.07) is 1.54. The molecule has 1 unspecified atom stereocenters. The van der Waals surface area contributed by atoms with Crippen LogP contribution >= 0.6 is 0 Å². The molecule has 1 N–H and O–H groups in total. The molecule has 0 amide bonds. The van der Waals surface area contributed by atoms with E-state index in [2.05, 4.69) is 31.0 Å². The second-order valence-corrected chi connectivity index (χ2v) is 5.18. The predicted octanol–water partition coefficient (Wildman–Crippen LogP) is 3.03. The third-order valence-electron chi connectivity index (χ3n) is 3.73. The molecule has 0 aromatic rings. The lowest BCUT2D eigenvalue weighted by atomic mass is 10.0. The first kappa shape index (κ1) is 14.0. The van der Waals surface area contributed by atoms with Crippen molar-refractivity contribution in [2.75, 3.05) is 19.6 Å². The van der Waals surface area contributed by atoms with E-state index >= 15 is 0 Å². The van der Waals surface area contributed by atoms with Gasteiger partial charge in [-0.3, -0.25) is 0 Å². The lowest BCUT2D eigenvalue weighted by Crippen LogP contribution is -2.46. The molecule has 96 valence electrons. The van der Waals surface area contributed by atoms with Gasteiger partial charge >= 0.3 is 0 Å². The topological polar surface area (TPSA) is 15.3 Å². The van der Waals surface area contributed by atoms with Crippen LogP contribution in [0.4, 0.5) is 0 Å². The Hall–Kier alpha value is -0.0800. The van der Waals surface area contributed by atoms with Gasteiger partial charge in [0.05, 0.1) is 0 Å². The van der Waals surface area contributed by atoms with Gasteiger partial charge in [0.2, 0.25) is 0 Å². The van der Waals surface area contributed by atoms with Crippen LogP contribution in [0.15, 0.2) is 0 Å². The Bertz CT molecular complexity index is 162. The van der Waals surface area contributed by atoms with Crippen molar-refractivity contribution < 1.29 is 0 Å². The van der Waals surface area contributed by atoms with Crippen molar-refractivity contribution in [3.05, 3.63) is 0 Å². The molecule has 0 aromatic carbocycles. The summed E-state index contributed by atoms with van der Waals surface area (Å²) in [5.41, 5.74) is 0. The quantitative estimate of drug-likeness (QED) is 0.718. The van der Waals surface area contributed by atoms with Gasteiger partial charge in [-0.05, 0) is 51.7 Å². The molecule has 2 heteroatoms. The second-order valence-electron chi connectivity index (χ2n) is 5.18. The maximum absolute atomic E-state index is 3.84. The largest absolute Gasteiger partial charge is 0.311 e. The third kappa shape index (κ3) is 4.84. The molecule has 2 nitrogen and oxygen atoms in total. The average Bonchev–Trinajstić information content (AvgIpc) is 2.31. The van der Waals surface area contributed by atoms with Crippen molar-refractivity contribution in [1.82, 2.24) is 10.2 Å². The fraction of sp³-hybridized carbons (Fsp3) is 1.00. The van der Waals surface area contributed by atoms with E-state index in [0.717, 1.165) is 12.1 Å². The summed E-state index contributed by atoms with van der Waals surface area (Å²) in [4.78, 5) is 2.61. The number of rotatable bonds is 7. The molecular weight excluding hydrogens is 196 g/mol. The van der Waals surface area contributed by atoms with Crippen LogP contribution in [0.2, 0.25) is 0 Å². The summed E-state index contributed by atoms with van der Waals surface area (Å²) >= 11 is 0. The molecule has 0 radical (unpaired) electrons. The number of likely N-dealkylation sites (tertiary alicyclic amines) is 1. The van der Waals surface area contributed by atoms with Gasteiger partial charge in [0.15, 0.2) is 0 Å². The summed E-state index contributed by atoms with van der Waals surface area (Å²) < 4.78 is 0. The molecular formula is C14H30N2. The summed E-state index contributed by atoms with van der Waals surface area (Å²) in [5, 5.41) is 3.84. The fourth-order valence-corrected chi connectivity index (χ4v) is 2.73. The van der Waals surface area contributed by atoms with Gasteiger partial charge in [-0.2, -0.15) is 0 Å². The second kappa shape index (κ2) is 8.08. The van der Waals surface area contributed by atoms with E-state index in [9.17, 15) is 0 Å². The molecule has 1 atom stereocenters. The van der Waals surface area contributed by atoms with Crippen molar-refractivity contribution in [3.8, 4) is 0 Å². The van der Waals surface area contributed by atoms with Crippen LogP contribution in [-0.4, -0.2) is 36.6 Å². The van der Waals surface area contributed by atoms with Gasteiger partial charge in [-0.25, -0.2) is 0 Å². The van der Waals surface area contributed by atoms with E-state index in [1.165, 1.54) is 58.2 Å². The first-order chi connectivity index (χ1) is 7.80. The van der Waals surface area contributed by atoms with Gasteiger partial charge < -0.3 is 10.2 Å². The maximum atomic E-state index is 3.84. The van der Waals surface area contributed by atoms with Crippen molar-refractivity contribution in [3.63, 3.8) is 0 Å². The van der Waals surface area contributed by atoms with Crippen LogP contribution in [0.5, 0.6) is 0 Å². The van der Waals surface area contributed by atoms with E-state index in [4.69, 9.17) is 0 Å². The highest BCUT2D eigenvalue weighted by Gasteiger charge is 2.20. The predicted molar refractivity (Wildman–Crippen MR) is 71.9 cm³/mol. The smallest absolute Gasteiger partial charge is 0.00939 e. The third-order valence-corrected chi connectivity index (χ3v) is 3.73. The number of nitrogens with zero attached hydrogens (tertiary/aromatic N) is 1. The van der Waals surface area contributed by atoms with Gasteiger partial charge in [-0.1, -0.05) is 27.2 Å².